The summed E-state index contributed by atoms with van der Waals surface area (Å²) in [6.07, 6.45) is 0. The second kappa shape index (κ2) is 7.95. The van der Waals surface area contributed by atoms with Crippen LogP contribution in [0.5, 0.6) is 0 Å². The van der Waals surface area contributed by atoms with Crippen LogP contribution in [0.4, 0.5) is 15.8 Å². The summed E-state index contributed by atoms with van der Waals surface area (Å²) in [6.45, 7) is 5.58. The SMILES string of the molecule is Cc1ccc(NC(=O)c2cc3ccccc3oc2=Nc2cccc(F)c2C)c(C)c1. The summed E-state index contributed by atoms with van der Waals surface area (Å²) in [5.74, 6) is -0.706. The molecule has 1 amide bonds. The van der Waals surface area contributed by atoms with Gasteiger partial charge in [0.2, 0.25) is 5.55 Å². The number of halogens is 1. The Hall–Kier alpha value is -3.73. The summed E-state index contributed by atoms with van der Waals surface area (Å²) in [6, 6.07) is 19.6. The highest BCUT2D eigenvalue weighted by Crippen LogP contribution is 2.22. The minimum Gasteiger partial charge on any atom is -0.438 e. The van der Waals surface area contributed by atoms with E-state index in [1.165, 1.54) is 6.07 Å². The van der Waals surface area contributed by atoms with Crippen LogP contribution in [0.15, 0.2) is 76.1 Å². The Morgan fingerprint density at radius 3 is 2.57 bits per heavy atom. The van der Waals surface area contributed by atoms with Crippen molar-refractivity contribution in [3.63, 3.8) is 0 Å². The van der Waals surface area contributed by atoms with Crippen molar-refractivity contribution in [1.82, 2.24) is 0 Å². The van der Waals surface area contributed by atoms with Crippen molar-refractivity contribution < 1.29 is 13.6 Å². The second-order valence-corrected chi connectivity index (χ2v) is 7.27. The van der Waals surface area contributed by atoms with Crippen molar-refractivity contribution in [3.8, 4) is 0 Å². The summed E-state index contributed by atoms with van der Waals surface area (Å²) in [5, 5.41) is 3.71. The number of para-hydroxylation sites is 1. The van der Waals surface area contributed by atoms with Crippen molar-refractivity contribution >= 4 is 28.3 Å². The van der Waals surface area contributed by atoms with Crippen LogP contribution in [-0.2, 0) is 0 Å². The van der Waals surface area contributed by atoms with E-state index < -0.39 is 0 Å². The minimum atomic E-state index is -0.363. The fourth-order valence-corrected chi connectivity index (χ4v) is 3.28. The van der Waals surface area contributed by atoms with Gasteiger partial charge in [0.25, 0.3) is 5.91 Å². The number of aryl methyl sites for hydroxylation is 2. The molecule has 0 saturated heterocycles. The first-order chi connectivity index (χ1) is 14.4. The molecule has 0 bridgehead atoms. The van der Waals surface area contributed by atoms with Gasteiger partial charge in [0.05, 0.1) is 5.69 Å². The standard InChI is InChI=1S/C25H21FN2O2/c1-15-11-12-21(16(2)13-15)27-24(29)19-14-18-7-4-5-10-23(18)30-25(19)28-22-9-6-8-20(26)17(22)3/h4-14H,1-3H3,(H,27,29). The third kappa shape index (κ3) is 3.87. The van der Waals surface area contributed by atoms with Gasteiger partial charge < -0.3 is 9.73 Å². The van der Waals surface area contributed by atoms with Crippen molar-refractivity contribution in [2.75, 3.05) is 5.32 Å². The van der Waals surface area contributed by atoms with Crippen molar-refractivity contribution in [1.29, 1.82) is 0 Å². The van der Waals surface area contributed by atoms with Gasteiger partial charge in [-0.25, -0.2) is 9.38 Å². The highest BCUT2D eigenvalue weighted by molar-refractivity contribution is 6.05. The van der Waals surface area contributed by atoms with Gasteiger partial charge in [0, 0.05) is 16.6 Å². The third-order valence-electron chi connectivity index (χ3n) is 4.99. The van der Waals surface area contributed by atoms with Crippen LogP contribution in [0.3, 0.4) is 0 Å². The normalized spacial score (nSPS) is 11.7. The Balaban J connectivity index is 1.87. The van der Waals surface area contributed by atoms with Gasteiger partial charge in [-0.05, 0) is 56.7 Å². The molecular formula is C25H21FN2O2. The Kier molecular flexibility index (Phi) is 5.19. The van der Waals surface area contributed by atoms with E-state index in [1.54, 1.807) is 31.2 Å². The Morgan fingerprint density at radius 1 is 0.967 bits per heavy atom. The van der Waals surface area contributed by atoms with E-state index in [4.69, 9.17) is 4.42 Å². The minimum absolute atomic E-state index is 0.129. The molecular weight excluding hydrogens is 379 g/mol. The molecule has 5 heteroatoms. The lowest BCUT2D eigenvalue weighted by atomic mass is 10.1. The summed E-state index contributed by atoms with van der Waals surface area (Å²) in [7, 11) is 0. The summed E-state index contributed by atoms with van der Waals surface area (Å²) >= 11 is 0. The lowest BCUT2D eigenvalue weighted by Gasteiger charge is -2.10. The van der Waals surface area contributed by atoms with Gasteiger partial charge in [0.1, 0.15) is 17.0 Å². The van der Waals surface area contributed by atoms with E-state index in [9.17, 15) is 9.18 Å². The molecule has 3 aromatic carbocycles. The number of nitrogens with one attached hydrogen (secondary N) is 1. The van der Waals surface area contributed by atoms with E-state index in [2.05, 4.69) is 10.3 Å². The van der Waals surface area contributed by atoms with Crippen LogP contribution in [0.2, 0.25) is 0 Å². The Bertz CT molecular complexity index is 1340. The first-order valence-electron chi connectivity index (χ1n) is 9.64. The number of amides is 1. The number of hydrogen-bond donors (Lipinski definition) is 1. The molecule has 0 spiro atoms. The molecule has 150 valence electrons. The van der Waals surface area contributed by atoms with Gasteiger partial charge in [-0.15, -0.1) is 0 Å². The Labute approximate surface area is 173 Å². The number of carbonyl (C=O) groups is 1. The number of hydrogen-bond acceptors (Lipinski definition) is 3. The number of anilines is 1. The van der Waals surface area contributed by atoms with E-state index in [-0.39, 0.29) is 22.8 Å². The molecule has 0 aliphatic carbocycles. The average Bonchev–Trinajstić information content (AvgIpc) is 2.73. The fourth-order valence-electron chi connectivity index (χ4n) is 3.28. The molecule has 0 unspecified atom stereocenters. The van der Waals surface area contributed by atoms with Crippen LogP contribution >= 0.6 is 0 Å². The van der Waals surface area contributed by atoms with Crippen molar-refractivity contribution in [2.24, 2.45) is 4.99 Å². The smallest absolute Gasteiger partial charge is 0.261 e. The van der Waals surface area contributed by atoms with Gasteiger partial charge >= 0.3 is 0 Å². The maximum Gasteiger partial charge on any atom is 0.261 e. The predicted molar refractivity (Wildman–Crippen MR) is 116 cm³/mol. The molecule has 1 N–H and O–H groups in total. The van der Waals surface area contributed by atoms with Gasteiger partial charge in [0.15, 0.2) is 0 Å². The highest BCUT2D eigenvalue weighted by Gasteiger charge is 2.15. The van der Waals surface area contributed by atoms with E-state index in [0.29, 0.717) is 22.5 Å². The quantitative estimate of drug-likeness (QED) is 0.460. The average molecular weight is 400 g/mol. The molecule has 0 atom stereocenters. The lowest BCUT2D eigenvalue weighted by molar-refractivity contribution is 0.102. The molecule has 1 heterocycles. The topological polar surface area (TPSA) is 54.6 Å². The van der Waals surface area contributed by atoms with Gasteiger partial charge in [-0.1, -0.05) is 42.0 Å². The van der Waals surface area contributed by atoms with Crippen LogP contribution in [0, 0.1) is 26.6 Å². The molecule has 0 fully saturated rings. The fraction of sp³-hybridized carbons (Fsp3) is 0.120. The zero-order chi connectivity index (χ0) is 21.3. The molecule has 0 aliphatic heterocycles. The summed E-state index contributed by atoms with van der Waals surface area (Å²) < 4.78 is 19.9. The molecule has 1 aromatic heterocycles. The molecule has 0 radical (unpaired) electrons. The first kappa shape index (κ1) is 19.6. The van der Waals surface area contributed by atoms with Crippen LogP contribution in [-0.4, -0.2) is 5.91 Å². The molecule has 0 saturated carbocycles. The number of rotatable bonds is 3. The van der Waals surface area contributed by atoms with Crippen LogP contribution < -0.4 is 10.9 Å². The number of fused-ring (bicyclic) bond motifs is 1. The number of benzene rings is 3. The Morgan fingerprint density at radius 2 is 1.77 bits per heavy atom. The number of nitrogens with zero attached hydrogens (tertiary/aromatic N) is 1. The van der Waals surface area contributed by atoms with E-state index in [1.807, 2.05) is 50.2 Å². The van der Waals surface area contributed by atoms with Crippen LogP contribution in [0.25, 0.3) is 11.0 Å². The monoisotopic (exact) mass is 400 g/mol. The van der Waals surface area contributed by atoms with Gasteiger partial charge in [-0.3, -0.25) is 4.79 Å². The second-order valence-electron chi connectivity index (χ2n) is 7.27. The molecule has 0 aliphatic rings. The summed E-state index contributed by atoms with van der Waals surface area (Å²) in [4.78, 5) is 17.6. The maximum absolute atomic E-state index is 14.0. The number of carbonyl (C=O) groups excluding carboxylic acids is 1. The van der Waals surface area contributed by atoms with Crippen LogP contribution in [0.1, 0.15) is 27.0 Å². The maximum atomic E-state index is 14.0. The van der Waals surface area contributed by atoms with E-state index in [0.717, 1.165) is 16.5 Å². The highest BCUT2D eigenvalue weighted by atomic mass is 19.1. The molecule has 4 nitrogen and oxygen atoms in total. The molecule has 4 aromatic rings. The largest absolute Gasteiger partial charge is 0.438 e. The first-order valence-corrected chi connectivity index (χ1v) is 9.64. The van der Waals surface area contributed by atoms with Crippen molar-refractivity contribution in [3.05, 3.63) is 100 Å². The zero-order valence-corrected chi connectivity index (χ0v) is 17.0. The van der Waals surface area contributed by atoms with Crippen molar-refractivity contribution in [2.45, 2.75) is 20.8 Å². The zero-order valence-electron chi connectivity index (χ0n) is 17.0. The molecule has 4 rings (SSSR count). The third-order valence-corrected chi connectivity index (χ3v) is 4.99. The predicted octanol–water partition coefficient (Wildman–Crippen LogP) is 5.98. The lowest BCUT2D eigenvalue weighted by Crippen LogP contribution is -2.22. The molecule has 30 heavy (non-hydrogen) atoms. The van der Waals surface area contributed by atoms with Gasteiger partial charge in [-0.2, -0.15) is 0 Å². The summed E-state index contributed by atoms with van der Waals surface area (Å²) in [5.41, 5.74) is 4.59. The van der Waals surface area contributed by atoms with E-state index >= 15 is 0 Å².